The number of aromatic nitrogens is 1. The Morgan fingerprint density at radius 3 is 2.50 bits per heavy atom. The summed E-state index contributed by atoms with van der Waals surface area (Å²) in [6.07, 6.45) is 0. The first-order valence-electron chi connectivity index (χ1n) is 3.51. The molecule has 0 bridgehead atoms. The van der Waals surface area contributed by atoms with E-state index in [1.807, 2.05) is 13.8 Å². The van der Waals surface area contributed by atoms with Gasteiger partial charge in [0.25, 0.3) is 0 Å². The Morgan fingerprint density at radius 2 is 2.17 bits per heavy atom. The average Bonchev–Trinajstić information content (AvgIpc) is 2.28. The van der Waals surface area contributed by atoms with Crippen LogP contribution < -0.4 is 11.5 Å². The number of nitrogens with zero attached hydrogens (tertiary/aromatic N) is 1. The maximum atomic E-state index is 10.7. The fourth-order valence-electron chi connectivity index (χ4n) is 0.965. The molecule has 5 heteroatoms. The summed E-state index contributed by atoms with van der Waals surface area (Å²) in [5.41, 5.74) is 11.4. The summed E-state index contributed by atoms with van der Waals surface area (Å²) in [7, 11) is 0. The highest BCUT2D eigenvalue weighted by molar-refractivity contribution is 7.11. The van der Waals surface area contributed by atoms with Gasteiger partial charge in [0, 0.05) is 0 Å². The van der Waals surface area contributed by atoms with Crippen molar-refractivity contribution >= 4 is 17.2 Å². The molecule has 1 rings (SSSR count). The molecule has 1 unspecified atom stereocenters. The second-order valence-corrected chi connectivity index (χ2v) is 3.80. The summed E-state index contributed by atoms with van der Waals surface area (Å²) < 4.78 is 0. The number of hydrogen-bond acceptors (Lipinski definition) is 4. The van der Waals surface area contributed by atoms with E-state index < -0.39 is 11.9 Å². The molecule has 66 valence electrons. The second kappa shape index (κ2) is 3.20. The van der Waals surface area contributed by atoms with Crippen LogP contribution in [0.25, 0.3) is 0 Å². The molecule has 4 nitrogen and oxygen atoms in total. The van der Waals surface area contributed by atoms with E-state index in [2.05, 4.69) is 4.98 Å². The molecule has 0 aliphatic carbocycles. The van der Waals surface area contributed by atoms with Gasteiger partial charge in [-0.2, -0.15) is 0 Å². The first-order chi connectivity index (χ1) is 5.52. The Hall–Kier alpha value is -0.940. The number of carbonyl (C=O) groups excluding carboxylic acids is 1. The van der Waals surface area contributed by atoms with Crippen LogP contribution in [-0.4, -0.2) is 10.9 Å². The van der Waals surface area contributed by atoms with Gasteiger partial charge in [0.05, 0.1) is 15.6 Å². The molecule has 0 spiro atoms. The first-order valence-corrected chi connectivity index (χ1v) is 4.33. The van der Waals surface area contributed by atoms with E-state index in [0.717, 1.165) is 15.6 Å². The molecule has 0 aliphatic rings. The van der Waals surface area contributed by atoms with Crippen molar-refractivity contribution in [3.8, 4) is 0 Å². The molecule has 0 aromatic carbocycles. The van der Waals surface area contributed by atoms with Gasteiger partial charge in [0.15, 0.2) is 0 Å². The van der Waals surface area contributed by atoms with Gasteiger partial charge >= 0.3 is 0 Å². The van der Waals surface area contributed by atoms with Crippen molar-refractivity contribution in [3.63, 3.8) is 0 Å². The Balaban J connectivity index is 3.02. The van der Waals surface area contributed by atoms with E-state index in [1.54, 1.807) is 0 Å². The normalized spacial score (nSPS) is 12.9. The van der Waals surface area contributed by atoms with Crippen LogP contribution in [0.4, 0.5) is 0 Å². The lowest BCUT2D eigenvalue weighted by molar-refractivity contribution is -0.119. The summed E-state index contributed by atoms with van der Waals surface area (Å²) >= 11 is 1.41. The van der Waals surface area contributed by atoms with Gasteiger partial charge in [-0.15, -0.1) is 11.3 Å². The largest absolute Gasteiger partial charge is 0.368 e. The number of aryl methyl sites for hydroxylation is 2. The summed E-state index contributed by atoms with van der Waals surface area (Å²) in [6, 6.07) is -0.712. The number of hydrogen-bond donors (Lipinski definition) is 2. The van der Waals surface area contributed by atoms with E-state index in [9.17, 15) is 4.79 Å². The van der Waals surface area contributed by atoms with Crippen molar-refractivity contribution in [1.29, 1.82) is 0 Å². The summed E-state index contributed by atoms with van der Waals surface area (Å²) in [4.78, 5) is 15.6. The van der Waals surface area contributed by atoms with Crippen LogP contribution in [-0.2, 0) is 4.79 Å². The minimum absolute atomic E-state index is 0.512. The van der Waals surface area contributed by atoms with Gasteiger partial charge in [0.2, 0.25) is 5.91 Å². The molecule has 4 N–H and O–H groups in total. The maximum Gasteiger partial charge on any atom is 0.239 e. The molecular formula is C7H11N3OS. The molecule has 1 amide bonds. The van der Waals surface area contributed by atoms with Gasteiger partial charge in [-0.25, -0.2) is 4.98 Å². The minimum Gasteiger partial charge on any atom is -0.368 e. The lowest BCUT2D eigenvalue weighted by atomic mass is 10.2. The standard InChI is InChI=1S/C7H11N3OS/c1-3-6(5(8)7(9)11)12-4(2)10-3/h5H,8H2,1-2H3,(H2,9,11). The third kappa shape index (κ3) is 1.62. The van der Waals surface area contributed by atoms with Crippen molar-refractivity contribution in [2.24, 2.45) is 11.5 Å². The highest BCUT2D eigenvalue weighted by Gasteiger charge is 2.17. The number of thiazole rings is 1. The van der Waals surface area contributed by atoms with E-state index in [0.29, 0.717) is 0 Å². The van der Waals surface area contributed by atoms with E-state index in [4.69, 9.17) is 11.5 Å². The number of rotatable bonds is 2. The lowest BCUT2D eigenvalue weighted by Gasteiger charge is -2.03. The van der Waals surface area contributed by atoms with Crippen molar-refractivity contribution in [2.45, 2.75) is 19.9 Å². The van der Waals surface area contributed by atoms with Crippen molar-refractivity contribution in [2.75, 3.05) is 0 Å². The number of amides is 1. The van der Waals surface area contributed by atoms with Crippen molar-refractivity contribution < 1.29 is 4.79 Å². The van der Waals surface area contributed by atoms with Gasteiger partial charge in [0.1, 0.15) is 6.04 Å². The second-order valence-electron chi connectivity index (χ2n) is 2.56. The van der Waals surface area contributed by atoms with Gasteiger partial charge in [-0.1, -0.05) is 0 Å². The molecule has 1 heterocycles. The zero-order valence-electron chi connectivity index (χ0n) is 7.00. The average molecular weight is 185 g/mol. The summed E-state index contributed by atoms with van der Waals surface area (Å²) in [6.45, 7) is 3.69. The fraction of sp³-hybridized carbons (Fsp3) is 0.429. The summed E-state index contributed by atoms with van der Waals surface area (Å²) in [5.74, 6) is -0.512. The lowest BCUT2D eigenvalue weighted by Crippen LogP contribution is -2.27. The van der Waals surface area contributed by atoms with Crippen molar-refractivity contribution in [3.05, 3.63) is 15.6 Å². The molecule has 0 saturated heterocycles. The van der Waals surface area contributed by atoms with Crippen LogP contribution in [0, 0.1) is 13.8 Å². The number of nitrogens with two attached hydrogens (primary N) is 2. The van der Waals surface area contributed by atoms with Crippen LogP contribution in [0.5, 0.6) is 0 Å². The Bertz CT molecular complexity index is 308. The molecule has 1 atom stereocenters. The van der Waals surface area contributed by atoms with E-state index >= 15 is 0 Å². The third-order valence-corrected chi connectivity index (χ3v) is 2.68. The van der Waals surface area contributed by atoms with Crippen LogP contribution >= 0.6 is 11.3 Å². The Kier molecular flexibility index (Phi) is 2.44. The number of primary amides is 1. The Labute approximate surface area is 74.6 Å². The highest BCUT2D eigenvalue weighted by atomic mass is 32.1. The van der Waals surface area contributed by atoms with Crippen LogP contribution in [0.2, 0.25) is 0 Å². The predicted molar refractivity (Wildman–Crippen MR) is 47.7 cm³/mol. The maximum absolute atomic E-state index is 10.7. The fourth-order valence-corrected chi connectivity index (χ4v) is 1.90. The SMILES string of the molecule is Cc1nc(C)c(C(N)C(N)=O)s1. The molecule has 0 fully saturated rings. The zero-order valence-corrected chi connectivity index (χ0v) is 7.81. The Morgan fingerprint density at radius 1 is 1.58 bits per heavy atom. The molecule has 1 aromatic heterocycles. The monoisotopic (exact) mass is 185 g/mol. The van der Waals surface area contributed by atoms with Crippen LogP contribution in [0.3, 0.4) is 0 Å². The zero-order chi connectivity index (χ0) is 9.30. The van der Waals surface area contributed by atoms with Crippen LogP contribution in [0.15, 0.2) is 0 Å². The first kappa shape index (κ1) is 9.15. The topological polar surface area (TPSA) is 82.0 Å². The van der Waals surface area contributed by atoms with Gasteiger partial charge < -0.3 is 11.5 Å². The quantitative estimate of drug-likeness (QED) is 0.692. The molecular weight excluding hydrogens is 174 g/mol. The van der Waals surface area contributed by atoms with Gasteiger partial charge in [-0.05, 0) is 13.8 Å². The smallest absolute Gasteiger partial charge is 0.239 e. The predicted octanol–water partition coefficient (Wildman–Crippen LogP) is 0.245. The summed E-state index contributed by atoms with van der Waals surface area (Å²) in [5, 5.41) is 0.902. The number of carbonyl (C=O) groups is 1. The van der Waals surface area contributed by atoms with Crippen LogP contribution in [0.1, 0.15) is 21.6 Å². The molecule has 0 saturated carbocycles. The van der Waals surface area contributed by atoms with Gasteiger partial charge in [-0.3, -0.25) is 4.79 Å². The molecule has 12 heavy (non-hydrogen) atoms. The minimum atomic E-state index is -0.712. The van der Waals surface area contributed by atoms with E-state index in [1.165, 1.54) is 11.3 Å². The van der Waals surface area contributed by atoms with E-state index in [-0.39, 0.29) is 0 Å². The third-order valence-electron chi connectivity index (χ3n) is 1.53. The molecule has 0 aliphatic heterocycles. The highest BCUT2D eigenvalue weighted by Crippen LogP contribution is 2.22. The van der Waals surface area contributed by atoms with Crippen molar-refractivity contribution in [1.82, 2.24) is 4.98 Å². The molecule has 1 aromatic rings. The molecule has 0 radical (unpaired) electrons.